The molecule has 0 atom stereocenters. The fraction of sp³-hybridized carbons (Fsp3) is 0.385. The van der Waals surface area contributed by atoms with Crippen LogP contribution in [0.3, 0.4) is 0 Å². The van der Waals surface area contributed by atoms with Crippen molar-refractivity contribution in [3.8, 4) is 5.75 Å². The lowest BCUT2D eigenvalue weighted by Crippen LogP contribution is -2.41. The van der Waals surface area contributed by atoms with Crippen LogP contribution >= 0.6 is 0 Å². The number of phenols is 1. The number of nitrogens with one attached hydrogen (secondary N) is 2. The number of nitrogens with two attached hydrogens (primary N) is 1. The van der Waals surface area contributed by atoms with E-state index in [9.17, 15) is 5.11 Å². The summed E-state index contributed by atoms with van der Waals surface area (Å²) in [5.74, 6) is 0.483. The van der Waals surface area contributed by atoms with Crippen LogP contribution in [0.1, 0.15) is 19.3 Å². The van der Waals surface area contributed by atoms with Crippen molar-refractivity contribution in [2.75, 3.05) is 18.4 Å². The molecule has 1 saturated heterocycles. The van der Waals surface area contributed by atoms with Crippen LogP contribution in [-0.2, 0) is 0 Å². The molecule has 102 valence electrons. The van der Waals surface area contributed by atoms with Gasteiger partial charge in [0.1, 0.15) is 5.75 Å². The van der Waals surface area contributed by atoms with Crippen molar-refractivity contribution in [3.63, 3.8) is 0 Å². The molecule has 0 spiro atoms. The molecule has 0 unspecified atom stereocenters. The molecule has 5 N–H and O–H groups in total. The van der Waals surface area contributed by atoms with Gasteiger partial charge in [-0.25, -0.2) is 0 Å². The molecule has 1 aliphatic heterocycles. The van der Waals surface area contributed by atoms with Gasteiger partial charge in [0, 0.05) is 24.8 Å². The van der Waals surface area contributed by atoms with E-state index in [2.05, 4.69) is 10.3 Å². The van der Waals surface area contributed by atoms with Crippen molar-refractivity contribution < 1.29 is 5.11 Å². The number of hydrogen-bond acceptors (Lipinski definition) is 2. The van der Waals surface area contributed by atoms with E-state index < -0.39 is 0 Å². The molecular weight excluding hydrogens is 242 g/mol. The Labute approximate surface area is 112 Å². The summed E-state index contributed by atoms with van der Waals surface area (Å²) in [7, 11) is 0. The predicted molar refractivity (Wildman–Crippen MR) is 76.5 cm³/mol. The average molecular weight is 261 g/mol. The van der Waals surface area contributed by atoms with Gasteiger partial charge in [0.15, 0.2) is 5.96 Å². The van der Waals surface area contributed by atoms with Crippen LogP contribution in [0, 0.1) is 5.41 Å². The Morgan fingerprint density at radius 1 is 1.32 bits per heavy atom. The summed E-state index contributed by atoms with van der Waals surface area (Å²) in [6.07, 6.45) is 3.45. The average Bonchev–Trinajstić information content (AvgIpc) is 2.39. The number of guanidine groups is 2. The number of piperidine rings is 1. The first-order valence-corrected chi connectivity index (χ1v) is 6.39. The Morgan fingerprint density at radius 2 is 2.05 bits per heavy atom. The number of hydrogen-bond donors (Lipinski definition) is 4. The van der Waals surface area contributed by atoms with Gasteiger partial charge < -0.3 is 21.1 Å². The maximum absolute atomic E-state index is 9.33. The Kier molecular flexibility index (Phi) is 4.22. The van der Waals surface area contributed by atoms with Crippen molar-refractivity contribution in [1.82, 2.24) is 4.90 Å². The minimum atomic E-state index is -0.0336. The lowest BCUT2D eigenvalue weighted by Gasteiger charge is -2.27. The van der Waals surface area contributed by atoms with Crippen molar-refractivity contribution in [1.29, 1.82) is 5.41 Å². The fourth-order valence-electron chi connectivity index (χ4n) is 2.06. The van der Waals surface area contributed by atoms with Gasteiger partial charge in [-0.3, -0.25) is 5.41 Å². The molecule has 0 aliphatic carbocycles. The normalized spacial score (nSPS) is 16.2. The zero-order valence-electron chi connectivity index (χ0n) is 10.8. The van der Waals surface area contributed by atoms with Gasteiger partial charge in [-0.2, -0.15) is 4.99 Å². The maximum Gasteiger partial charge on any atom is 0.222 e. The first kappa shape index (κ1) is 13.2. The van der Waals surface area contributed by atoms with E-state index in [0.717, 1.165) is 25.9 Å². The van der Waals surface area contributed by atoms with Crippen LogP contribution in [0.2, 0.25) is 0 Å². The Balaban J connectivity index is 1.96. The number of aromatic hydroxyl groups is 1. The van der Waals surface area contributed by atoms with Crippen molar-refractivity contribution in [3.05, 3.63) is 24.3 Å². The minimum absolute atomic E-state index is 0.0336. The van der Waals surface area contributed by atoms with Crippen LogP contribution in [-0.4, -0.2) is 35.0 Å². The molecule has 0 aromatic heterocycles. The first-order chi connectivity index (χ1) is 9.15. The Hall–Kier alpha value is -2.24. The van der Waals surface area contributed by atoms with Crippen molar-refractivity contribution in [2.45, 2.75) is 19.3 Å². The number of benzene rings is 1. The van der Waals surface area contributed by atoms with E-state index in [4.69, 9.17) is 11.1 Å². The number of nitrogens with zero attached hydrogens (tertiary/aromatic N) is 2. The highest BCUT2D eigenvalue weighted by atomic mass is 16.3. The van der Waals surface area contributed by atoms with E-state index in [-0.39, 0.29) is 11.7 Å². The summed E-state index contributed by atoms with van der Waals surface area (Å²) >= 11 is 0. The molecule has 1 aromatic carbocycles. The van der Waals surface area contributed by atoms with E-state index in [1.807, 2.05) is 4.90 Å². The van der Waals surface area contributed by atoms with Crippen molar-refractivity contribution >= 4 is 17.6 Å². The quantitative estimate of drug-likeness (QED) is 0.455. The monoisotopic (exact) mass is 261 g/mol. The van der Waals surface area contributed by atoms with Gasteiger partial charge in [0.25, 0.3) is 0 Å². The molecule has 1 aliphatic rings. The molecule has 0 radical (unpaired) electrons. The molecule has 0 amide bonds. The second-order valence-corrected chi connectivity index (χ2v) is 4.54. The van der Waals surface area contributed by atoms with E-state index in [1.165, 1.54) is 12.5 Å². The summed E-state index contributed by atoms with van der Waals surface area (Å²) in [6, 6.07) is 6.55. The van der Waals surface area contributed by atoms with Gasteiger partial charge in [-0.15, -0.1) is 0 Å². The van der Waals surface area contributed by atoms with Gasteiger partial charge in [-0.05, 0) is 31.4 Å². The Morgan fingerprint density at radius 3 is 2.74 bits per heavy atom. The van der Waals surface area contributed by atoms with Crippen molar-refractivity contribution in [2.24, 2.45) is 10.7 Å². The van der Waals surface area contributed by atoms with Gasteiger partial charge in [0.2, 0.25) is 5.96 Å². The Bertz CT molecular complexity index is 480. The molecule has 6 heteroatoms. The standard InChI is InChI=1S/C13H19N5O/c14-12(16-10-5-4-6-11(19)9-10)17-13(15)18-7-2-1-3-8-18/h4-6,9,19H,1-3,7-8H2,(H4,14,15,16,17). The summed E-state index contributed by atoms with van der Waals surface area (Å²) < 4.78 is 0. The highest BCUT2D eigenvalue weighted by Gasteiger charge is 2.12. The topological polar surface area (TPSA) is 97.7 Å². The summed E-state index contributed by atoms with van der Waals surface area (Å²) in [6.45, 7) is 1.80. The fourth-order valence-corrected chi connectivity index (χ4v) is 2.06. The highest BCUT2D eigenvalue weighted by Crippen LogP contribution is 2.15. The number of likely N-dealkylation sites (tertiary alicyclic amines) is 1. The number of rotatable bonds is 1. The van der Waals surface area contributed by atoms with E-state index in [1.54, 1.807) is 18.2 Å². The molecule has 6 nitrogen and oxygen atoms in total. The SMILES string of the molecule is N=C(N=C(N)N1CCCCC1)Nc1cccc(O)c1. The van der Waals surface area contributed by atoms with Crippen LogP contribution < -0.4 is 11.1 Å². The largest absolute Gasteiger partial charge is 0.508 e. The van der Waals surface area contributed by atoms with Crippen LogP contribution in [0.5, 0.6) is 5.75 Å². The highest BCUT2D eigenvalue weighted by molar-refractivity contribution is 6.00. The molecule has 19 heavy (non-hydrogen) atoms. The minimum Gasteiger partial charge on any atom is -0.508 e. The number of anilines is 1. The molecule has 0 saturated carbocycles. The second kappa shape index (κ2) is 6.08. The zero-order valence-corrected chi connectivity index (χ0v) is 10.8. The van der Waals surface area contributed by atoms with Crippen LogP contribution in [0.25, 0.3) is 0 Å². The van der Waals surface area contributed by atoms with E-state index in [0.29, 0.717) is 11.6 Å². The molecule has 1 aromatic rings. The lowest BCUT2D eigenvalue weighted by molar-refractivity contribution is 0.339. The molecule has 2 rings (SSSR count). The number of aliphatic imine (C=N–C) groups is 1. The molecule has 1 heterocycles. The molecule has 1 fully saturated rings. The van der Waals surface area contributed by atoms with E-state index >= 15 is 0 Å². The van der Waals surface area contributed by atoms with Crippen LogP contribution in [0.15, 0.2) is 29.3 Å². The third kappa shape index (κ3) is 3.87. The molecule has 0 bridgehead atoms. The maximum atomic E-state index is 9.33. The molecular formula is C13H19N5O. The smallest absolute Gasteiger partial charge is 0.222 e. The van der Waals surface area contributed by atoms with Crippen LogP contribution in [0.4, 0.5) is 5.69 Å². The summed E-state index contributed by atoms with van der Waals surface area (Å²) in [5.41, 5.74) is 6.49. The number of phenolic OH excluding ortho intramolecular Hbond substituents is 1. The lowest BCUT2D eigenvalue weighted by atomic mass is 10.1. The summed E-state index contributed by atoms with van der Waals surface area (Å²) in [4.78, 5) is 6.02. The predicted octanol–water partition coefficient (Wildman–Crippen LogP) is 1.54. The van der Waals surface area contributed by atoms with Gasteiger partial charge in [0.05, 0.1) is 0 Å². The second-order valence-electron chi connectivity index (χ2n) is 4.54. The third-order valence-corrected chi connectivity index (χ3v) is 3.02. The summed E-state index contributed by atoms with van der Waals surface area (Å²) in [5, 5.41) is 19.9. The third-order valence-electron chi connectivity index (χ3n) is 3.02. The zero-order chi connectivity index (χ0) is 13.7. The van der Waals surface area contributed by atoms with Gasteiger partial charge >= 0.3 is 0 Å². The van der Waals surface area contributed by atoms with Gasteiger partial charge in [-0.1, -0.05) is 6.07 Å². The first-order valence-electron chi connectivity index (χ1n) is 6.39.